The SMILES string of the molecule is CCCC1Nc2ccc(Br)cc2C(=O)N1NC(=O)c1ccccc1. The van der Waals surface area contributed by atoms with Crippen LogP contribution >= 0.6 is 15.9 Å². The Kier molecular flexibility index (Phi) is 4.85. The number of nitrogens with one attached hydrogen (secondary N) is 2. The number of hydrogen-bond donors (Lipinski definition) is 2. The molecule has 2 N–H and O–H groups in total. The van der Waals surface area contributed by atoms with Gasteiger partial charge in [0.15, 0.2) is 0 Å². The number of amides is 2. The van der Waals surface area contributed by atoms with Gasteiger partial charge in [0.05, 0.1) is 5.56 Å². The topological polar surface area (TPSA) is 61.4 Å². The molecule has 0 fully saturated rings. The maximum Gasteiger partial charge on any atom is 0.276 e. The Hall–Kier alpha value is -2.34. The summed E-state index contributed by atoms with van der Waals surface area (Å²) >= 11 is 3.39. The van der Waals surface area contributed by atoms with Crippen LogP contribution in [0.15, 0.2) is 53.0 Å². The highest BCUT2D eigenvalue weighted by molar-refractivity contribution is 9.10. The molecule has 1 aliphatic rings. The molecule has 2 amide bonds. The molecule has 1 unspecified atom stereocenters. The summed E-state index contributed by atoms with van der Waals surface area (Å²) < 4.78 is 0.819. The fourth-order valence-corrected chi connectivity index (χ4v) is 3.06. The first-order valence-corrected chi connectivity index (χ1v) is 8.65. The maximum atomic E-state index is 12.9. The molecule has 24 heavy (non-hydrogen) atoms. The lowest BCUT2D eigenvalue weighted by molar-refractivity contribution is 0.0482. The molecule has 1 aliphatic heterocycles. The number of nitrogens with zero attached hydrogens (tertiary/aromatic N) is 1. The minimum atomic E-state index is -0.301. The predicted octanol–water partition coefficient (Wildman–Crippen LogP) is 3.79. The fraction of sp³-hybridized carbons (Fsp3) is 0.222. The van der Waals surface area contributed by atoms with Crippen LogP contribution in [0.1, 0.15) is 40.5 Å². The number of hydrazine groups is 1. The van der Waals surface area contributed by atoms with E-state index in [9.17, 15) is 9.59 Å². The summed E-state index contributed by atoms with van der Waals surface area (Å²) in [7, 11) is 0. The van der Waals surface area contributed by atoms with Gasteiger partial charge in [0.1, 0.15) is 6.17 Å². The minimum absolute atomic E-state index is 0.215. The highest BCUT2D eigenvalue weighted by Gasteiger charge is 2.33. The third-order valence-electron chi connectivity index (χ3n) is 3.88. The molecule has 2 aromatic rings. The first-order chi connectivity index (χ1) is 11.6. The molecule has 0 aromatic heterocycles. The van der Waals surface area contributed by atoms with Crippen LogP contribution in [0.4, 0.5) is 5.69 Å². The third kappa shape index (κ3) is 3.28. The first-order valence-electron chi connectivity index (χ1n) is 7.86. The highest BCUT2D eigenvalue weighted by Crippen LogP contribution is 2.28. The number of benzene rings is 2. The number of carbonyl (C=O) groups is 2. The number of rotatable bonds is 4. The summed E-state index contributed by atoms with van der Waals surface area (Å²) in [6.45, 7) is 2.04. The van der Waals surface area contributed by atoms with Gasteiger partial charge in [-0.25, -0.2) is 5.01 Å². The second-order valence-electron chi connectivity index (χ2n) is 5.62. The van der Waals surface area contributed by atoms with Crippen molar-refractivity contribution < 1.29 is 9.59 Å². The molecule has 0 bridgehead atoms. The minimum Gasteiger partial charge on any atom is -0.363 e. The summed E-state index contributed by atoms with van der Waals surface area (Å²) in [5.41, 5.74) is 4.58. The number of fused-ring (bicyclic) bond motifs is 1. The molecule has 1 atom stereocenters. The van der Waals surface area contributed by atoms with Crippen LogP contribution in [0.25, 0.3) is 0 Å². The lowest BCUT2D eigenvalue weighted by Crippen LogP contribution is -2.57. The molecule has 3 rings (SSSR count). The van der Waals surface area contributed by atoms with Crippen LogP contribution in [0.3, 0.4) is 0 Å². The molecule has 1 heterocycles. The molecule has 0 radical (unpaired) electrons. The number of hydrogen-bond acceptors (Lipinski definition) is 3. The molecule has 0 spiro atoms. The van der Waals surface area contributed by atoms with Crippen molar-refractivity contribution in [2.24, 2.45) is 0 Å². The van der Waals surface area contributed by atoms with E-state index in [1.165, 1.54) is 5.01 Å². The van der Waals surface area contributed by atoms with Gasteiger partial charge in [-0.2, -0.15) is 0 Å². The van der Waals surface area contributed by atoms with Gasteiger partial charge in [-0.15, -0.1) is 0 Å². The summed E-state index contributed by atoms with van der Waals surface area (Å²) in [6, 6.07) is 14.4. The molecule has 5 nitrogen and oxygen atoms in total. The van der Waals surface area contributed by atoms with E-state index in [1.807, 2.05) is 25.1 Å². The first kappa shape index (κ1) is 16.5. The van der Waals surface area contributed by atoms with E-state index >= 15 is 0 Å². The Morgan fingerprint density at radius 3 is 2.71 bits per heavy atom. The third-order valence-corrected chi connectivity index (χ3v) is 4.38. The molecular weight excluding hydrogens is 370 g/mol. The van der Waals surface area contributed by atoms with Crippen LogP contribution < -0.4 is 10.7 Å². The number of anilines is 1. The van der Waals surface area contributed by atoms with E-state index in [0.29, 0.717) is 11.1 Å². The Balaban J connectivity index is 1.89. The number of halogens is 1. The van der Waals surface area contributed by atoms with Crippen LogP contribution in [-0.4, -0.2) is 23.0 Å². The van der Waals surface area contributed by atoms with Crippen LogP contribution in [-0.2, 0) is 0 Å². The Morgan fingerprint density at radius 2 is 2.00 bits per heavy atom. The van der Waals surface area contributed by atoms with E-state index in [2.05, 4.69) is 26.7 Å². The summed E-state index contributed by atoms with van der Waals surface area (Å²) in [5, 5.41) is 4.73. The van der Waals surface area contributed by atoms with Crippen LogP contribution in [0, 0.1) is 0 Å². The van der Waals surface area contributed by atoms with E-state index in [-0.39, 0.29) is 18.0 Å². The van der Waals surface area contributed by atoms with Gasteiger partial charge in [-0.3, -0.25) is 15.0 Å². The molecule has 0 aliphatic carbocycles. The zero-order chi connectivity index (χ0) is 17.1. The Morgan fingerprint density at radius 1 is 1.25 bits per heavy atom. The molecule has 0 saturated carbocycles. The van der Waals surface area contributed by atoms with Crippen molar-refractivity contribution in [2.75, 3.05) is 5.32 Å². The number of carbonyl (C=O) groups excluding carboxylic acids is 2. The quantitative estimate of drug-likeness (QED) is 0.838. The van der Waals surface area contributed by atoms with Crippen molar-refractivity contribution >= 4 is 33.4 Å². The Labute approximate surface area is 149 Å². The summed E-state index contributed by atoms with van der Waals surface area (Å²) in [4.78, 5) is 25.3. The molecule has 2 aromatic carbocycles. The zero-order valence-electron chi connectivity index (χ0n) is 13.3. The van der Waals surface area contributed by atoms with E-state index in [4.69, 9.17) is 0 Å². The van der Waals surface area contributed by atoms with Gasteiger partial charge in [0.2, 0.25) is 0 Å². The van der Waals surface area contributed by atoms with Crippen molar-refractivity contribution in [1.82, 2.24) is 10.4 Å². The van der Waals surface area contributed by atoms with Gasteiger partial charge in [-0.05, 0) is 36.8 Å². The average molecular weight is 388 g/mol. The van der Waals surface area contributed by atoms with Gasteiger partial charge in [-0.1, -0.05) is 47.5 Å². The normalized spacial score (nSPS) is 16.3. The second-order valence-corrected chi connectivity index (χ2v) is 6.54. The predicted molar refractivity (Wildman–Crippen MR) is 96.5 cm³/mol. The van der Waals surface area contributed by atoms with Crippen molar-refractivity contribution in [3.05, 3.63) is 64.1 Å². The zero-order valence-corrected chi connectivity index (χ0v) is 14.8. The largest absolute Gasteiger partial charge is 0.363 e. The van der Waals surface area contributed by atoms with E-state index in [1.54, 1.807) is 30.3 Å². The second kappa shape index (κ2) is 7.05. The van der Waals surface area contributed by atoms with Crippen molar-refractivity contribution in [3.8, 4) is 0 Å². The van der Waals surface area contributed by atoms with Gasteiger partial charge in [0.25, 0.3) is 11.8 Å². The van der Waals surface area contributed by atoms with E-state index < -0.39 is 0 Å². The van der Waals surface area contributed by atoms with Crippen molar-refractivity contribution in [1.29, 1.82) is 0 Å². The molecule has 0 saturated heterocycles. The highest BCUT2D eigenvalue weighted by atomic mass is 79.9. The standard InChI is InChI=1S/C18H18BrN3O2/c1-2-6-16-20-15-10-9-13(19)11-14(15)18(24)22(16)21-17(23)12-7-4-3-5-8-12/h3-5,7-11,16,20H,2,6H2,1H3,(H,21,23). The maximum absolute atomic E-state index is 12.9. The van der Waals surface area contributed by atoms with Gasteiger partial charge < -0.3 is 5.32 Å². The monoisotopic (exact) mass is 387 g/mol. The van der Waals surface area contributed by atoms with Crippen molar-refractivity contribution in [3.63, 3.8) is 0 Å². The summed E-state index contributed by atoms with van der Waals surface area (Å²) in [5.74, 6) is -0.516. The molecule has 124 valence electrons. The van der Waals surface area contributed by atoms with Gasteiger partial charge in [0, 0.05) is 15.7 Å². The van der Waals surface area contributed by atoms with Crippen molar-refractivity contribution in [2.45, 2.75) is 25.9 Å². The summed E-state index contributed by atoms with van der Waals surface area (Å²) in [6.07, 6.45) is 1.34. The van der Waals surface area contributed by atoms with Crippen LogP contribution in [0.5, 0.6) is 0 Å². The lowest BCUT2D eigenvalue weighted by atomic mass is 10.1. The smallest absolute Gasteiger partial charge is 0.276 e. The van der Waals surface area contributed by atoms with E-state index in [0.717, 1.165) is 23.0 Å². The molecular formula is C18H18BrN3O2. The van der Waals surface area contributed by atoms with Gasteiger partial charge >= 0.3 is 0 Å². The average Bonchev–Trinajstić information content (AvgIpc) is 2.60. The Bertz CT molecular complexity index is 764. The van der Waals surface area contributed by atoms with Crippen LogP contribution in [0.2, 0.25) is 0 Å². The molecule has 6 heteroatoms. The fourth-order valence-electron chi connectivity index (χ4n) is 2.70. The lowest BCUT2D eigenvalue weighted by Gasteiger charge is -2.37.